The normalized spacial score (nSPS) is 12.1. The molecule has 0 spiro atoms. The molecule has 0 amide bonds. The SMILES string of the molecule is COc1ccc(-c2coc3cc(O[Si](C)(C)C)c(C)c(O[Si](C)(C)C)c3c2=O)cc1. The number of benzene rings is 2. The Labute approximate surface area is 179 Å². The zero-order valence-electron chi connectivity index (χ0n) is 19.0. The van der Waals surface area contributed by atoms with Crippen molar-refractivity contribution in [3.63, 3.8) is 0 Å². The lowest BCUT2D eigenvalue weighted by molar-refractivity contribution is 0.415. The lowest BCUT2D eigenvalue weighted by Crippen LogP contribution is -2.32. The van der Waals surface area contributed by atoms with Crippen LogP contribution in [-0.4, -0.2) is 23.7 Å². The molecule has 1 heterocycles. The van der Waals surface area contributed by atoms with Crippen molar-refractivity contribution in [2.24, 2.45) is 0 Å². The first-order valence-electron chi connectivity index (χ1n) is 10.0. The summed E-state index contributed by atoms with van der Waals surface area (Å²) in [5, 5.41) is 0.464. The van der Waals surface area contributed by atoms with E-state index in [0.717, 1.165) is 22.6 Å². The zero-order chi connectivity index (χ0) is 22.3. The molecule has 0 fully saturated rings. The van der Waals surface area contributed by atoms with E-state index in [9.17, 15) is 4.79 Å². The average Bonchev–Trinajstić information content (AvgIpc) is 2.63. The van der Waals surface area contributed by atoms with Gasteiger partial charge in [-0.05, 0) is 63.9 Å². The number of fused-ring (bicyclic) bond motifs is 1. The van der Waals surface area contributed by atoms with Crippen molar-refractivity contribution < 1.29 is 18.0 Å². The topological polar surface area (TPSA) is 57.9 Å². The summed E-state index contributed by atoms with van der Waals surface area (Å²) >= 11 is 0. The van der Waals surface area contributed by atoms with E-state index in [0.29, 0.717) is 22.3 Å². The molecule has 0 aliphatic rings. The molecule has 0 saturated heterocycles. The highest BCUT2D eigenvalue weighted by Gasteiger charge is 2.26. The second-order valence-corrected chi connectivity index (χ2v) is 18.2. The quantitative estimate of drug-likeness (QED) is 0.425. The maximum Gasteiger partial charge on any atom is 0.242 e. The maximum atomic E-state index is 13.6. The molecule has 0 radical (unpaired) electrons. The molecule has 160 valence electrons. The van der Waals surface area contributed by atoms with Crippen molar-refractivity contribution in [2.45, 2.75) is 46.2 Å². The second-order valence-electron chi connectivity index (χ2n) is 9.34. The molecule has 3 aromatic rings. The van der Waals surface area contributed by atoms with Crippen LogP contribution in [0.15, 0.2) is 45.8 Å². The molecule has 0 aliphatic heterocycles. The molecule has 0 N–H and O–H groups in total. The number of ether oxygens (including phenoxy) is 1. The van der Waals surface area contributed by atoms with Crippen LogP contribution in [0.3, 0.4) is 0 Å². The monoisotopic (exact) mass is 442 g/mol. The first-order chi connectivity index (χ1) is 13.9. The van der Waals surface area contributed by atoms with Crippen LogP contribution in [0.5, 0.6) is 17.2 Å². The van der Waals surface area contributed by atoms with Crippen LogP contribution in [0.2, 0.25) is 39.3 Å². The molecule has 7 heteroatoms. The fourth-order valence-corrected chi connectivity index (χ4v) is 4.91. The van der Waals surface area contributed by atoms with Crippen LogP contribution in [0, 0.1) is 6.92 Å². The summed E-state index contributed by atoms with van der Waals surface area (Å²) in [5.41, 5.74) is 2.46. The van der Waals surface area contributed by atoms with Crippen LogP contribution in [-0.2, 0) is 0 Å². The molecule has 0 bridgehead atoms. The van der Waals surface area contributed by atoms with E-state index in [2.05, 4.69) is 39.3 Å². The maximum absolute atomic E-state index is 13.6. The average molecular weight is 443 g/mol. The Morgan fingerprint density at radius 1 is 0.900 bits per heavy atom. The fourth-order valence-electron chi connectivity index (χ4n) is 3.17. The first kappa shape index (κ1) is 22.2. The van der Waals surface area contributed by atoms with Crippen molar-refractivity contribution in [1.29, 1.82) is 0 Å². The molecule has 0 saturated carbocycles. The van der Waals surface area contributed by atoms with Gasteiger partial charge in [0.05, 0.1) is 12.7 Å². The summed E-state index contributed by atoms with van der Waals surface area (Å²) in [6.07, 6.45) is 1.51. The van der Waals surface area contributed by atoms with Crippen LogP contribution >= 0.6 is 0 Å². The predicted molar refractivity (Wildman–Crippen MR) is 127 cm³/mol. The highest BCUT2D eigenvalue weighted by Crippen LogP contribution is 2.38. The van der Waals surface area contributed by atoms with Gasteiger partial charge in [0.25, 0.3) is 0 Å². The fraction of sp³-hybridized carbons (Fsp3) is 0.348. The Hall–Kier alpha value is -2.52. The third kappa shape index (κ3) is 4.79. The highest BCUT2D eigenvalue weighted by molar-refractivity contribution is 6.71. The smallest absolute Gasteiger partial charge is 0.242 e. The third-order valence-electron chi connectivity index (χ3n) is 4.45. The Morgan fingerprint density at radius 3 is 2.03 bits per heavy atom. The van der Waals surface area contributed by atoms with Gasteiger partial charge >= 0.3 is 0 Å². The van der Waals surface area contributed by atoms with Crippen LogP contribution in [0.1, 0.15) is 5.56 Å². The van der Waals surface area contributed by atoms with Gasteiger partial charge < -0.3 is 18.0 Å². The molecule has 2 aromatic carbocycles. The molecule has 3 rings (SSSR count). The first-order valence-corrected chi connectivity index (χ1v) is 16.8. The lowest BCUT2D eigenvalue weighted by Gasteiger charge is -2.26. The number of hydrogen-bond donors (Lipinski definition) is 0. The van der Waals surface area contributed by atoms with Gasteiger partial charge in [0.15, 0.2) is 0 Å². The zero-order valence-corrected chi connectivity index (χ0v) is 21.0. The molecule has 1 aromatic heterocycles. The summed E-state index contributed by atoms with van der Waals surface area (Å²) in [6.45, 7) is 14.6. The van der Waals surface area contributed by atoms with Crippen molar-refractivity contribution in [1.82, 2.24) is 0 Å². The Balaban J connectivity index is 2.28. The second kappa shape index (κ2) is 7.96. The van der Waals surface area contributed by atoms with Gasteiger partial charge in [0.2, 0.25) is 22.1 Å². The number of hydrogen-bond acceptors (Lipinski definition) is 5. The minimum atomic E-state index is -2.00. The van der Waals surface area contributed by atoms with Crippen LogP contribution in [0.25, 0.3) is 22.1 Å². The Morgan fingerprint density at radius 2 is 1.50 bits per heavy atom. The van der Waals surface area contributed by atoms with Crippen LogP contribution in [0.4, 0.5) is 0 Å². The Bertz CT molecular complexity index is 1120. The van der Waals surface area contributed by atoms with E-state index in [-0.39, 0.29) is 5.43 Å². The van der Waals surface area contributed by atoms with E-state index in [4.69, 9.17) is 18.0 Å². The summed E-state index contributed by atoms with van der Waals surface area (Å²) < 4.78 is 23.8. The van der Waals surface area contributed by atoms with Crippen molar-refractivity contribution in [3.05, 3.63) is 52.4 Å². The standard InChI is InChI=1S/C23H30O5Si2/c1-15-19(27-29(3,4)5)13-20-21(23(15)28-30(6,7)8)22(24)18(14-26-20)16-9-11-17(25-2)12-10-16/h9-14H,1-8H3. The van der Waals surface area contributed by atoms with Gasteiger partial charge in [0.1, 0.15) is 34.5 Å². The summed E-state index contributed by atoms with van der Waals surface area (Å²) in [4.78, 5) is 13.6. The number of methoxy groups -OCH3 is 1. The van der Waals surface area contributed by atoms with E-state index in [1.807, 2.05) is 37.3 Å². The minimum Gasteiger partial charge on any atom is -0.544 e. The van der Waals surface area contributed by atoms with Crippen molar-refractivity contribution >= 4 is 27.6 Å². The van der Waals surface area contributed by atoms with Gasteiger partial charge in [-0.15, -0.1) is 0 Å². The van der Waals surface area contributed by atoms with E-state index < -0.39 is 16.6 Å². The molecular formula is C23H30O5Si2. The largest absolute Gasteiger partial charge is 0.544 e. The molecule has 0 unspecified atom stereocenters. The van der Waals surface area contributed by atoms with Gasteiger partial charge in [-0.3, -0.25) is 4.79 Å². The third-order valence-corrected chi connectivity index (χ3v) is 6.10. The van der Waals surface area contributed by atoms with Gasteiger partial charge in [-0.2, -0.15) is 0 Å². The summed E-state index contributed by atoms with van der Waals surface area (Å²) in [7, 11) is -2.25. The van der Waals surface area contributed by atoms with Crippen LogP contribution < -0.4 is 19.0 Å². The molecule has 0 atom stereocenters. The summed E-state index contributed by atoms with van der Waals surface area (Å²) in [6, 6.07) is 9.18. The van der Waals surface area contributed by atoms with E-state index in [1.165, 1.54) is 6.26 Å². The highest BCUT2D eigenvalue weighted by atomic mass is 28.4. The lowest BCUT2D eigenvalue weighted by atomic mass is 10.0. The molecule has 0 aliphatic carbocycles. The minimum absolute atomic E-state index is 0.114. The predicted octanol–water partition coefficient (Wildman–Crippen LogP) is 6.20. The Kier molecular flexibility index (Phi) is 5.88. The van der Waals surface area contributed by atoms with Crippen molar-refractivity contribution in [2.75, 3.05) is 7.11 Å². The molecule has 5 nitrogen and oxygen atoms in total. The van der Waals surface area contributed by atoms with Gasteiger partial charge in [0, 0.05) is 11.6 Å². The van der Waals surface area contributed by atoms with E-state index >= 15 is 0 Å². The summed E-state index contributed by atoms with van der Waals surface area (Å²) in [5.74, 6) is 2.02. The molecule has 30 heavy (non-hydrogen) atoms. The van der Waals surface area contributed by atoms with Crippen molar-refractivity contribution in [3.8, 4) is 28.4 Å². The number of rotatable bonds is 6. The molecular weight excluding hydrogens is 412 g/mol. The van der Waals surface area contributed by atoms with Gasteiger partial charge in [-0.1, -0.05) is 12.1 Å². The van der Waals surface area contributed by atoms with E-state index in [1.54, 1.807) is 7.11 Å². The van der Waals surface area contributed by atoms with Gasteiger partial charge in [-0.25, -0.2) is 0 Å².